The summed E-state index contributed by atoms with van der Waals surface area (Å²) in [4.78, 5) is 26.2. The highest BCUT2D eigenvalue weighted by Gasteiger charge is 2.50. The summed E-state index contributed by atoms with van der Waals surface area (Å²) in [5.41, 5.74) is 2.74. The van der Waals surface area contributed by atoms with E-state index in [0.717, 1.165) is 22.9 Å². The first-order chi connectivity index (χ1) is 21.5. The predicted molar refractivity (Wildman–Crippen MR) is 156 cm³/mol. The molecule has 0 radical (unpaired) electrons. The van der Waals surface area contributed by atoms with Gasteiger partial charge in [0.05, 0.1) is 25.4 Å². The maximum atomic E-state index is 13.2. The number of aliphatic hydroxyl groups is 5. The molecule has 13 heteroatoms. The lowest BCUT2D eigenvalue weighted by atomic mass is 9.72. The topological polar surface area (TPSA) is 197 Å². The molecule has 2 aliphatic carbocycles. The van der Waals surface area contributed by atoms with Crippen molar-refractivity contribution in [1.29, 1.82) is 0 Å². The molecule has 0 saturated carbocycles. The number of aliphatic hydroxyl groups excluding tert-OH is 4. The van der Waals surface area contributed by atoms with Crippen LogP contribution < -0.4 is 14.8 Å². The molecule has 248 valence electrons. The molecule has 0 spiro atoms. The first kappa shape index (κ1) is 32.0. The summed E-state index contributed by atoms with van der Waals surface area (Å²) in [5.74, 6) is -0.928. The number of rotatable bonds is 10. The number of fused-ring (bicyclic) bond motifs is 2. The Balaban J connectivity index is 1.52. The van der Waals surface area contributed by atoms with E-state index < -0.39 is 42.9 Å². The van der Waals surface area contributed by atoms with E-state index in [-0.39, 0.29) is 54.2 Å². The van der Waals surface area contributed by atoms with Gasteiger partial charge < -0.3 is 54.2 Å². The summed E-state index contributed by atoms with van der Waals surface area (Å²) in [6.07, 6.45) is -6.51. The molecule has 4 aliphatic rings. The van der Waals surface area contributed by atoms with Crippen molar-refractivity contribution in [2.75, 3.05) is 19.8 Å². The smallest absolute Gasteiger partial charge is 0.309 e. The van der Waals surface area contributed by atoms with Crippen molar-refractivity contribution in [3.63, 3.8) is 0 Å². The average Bonchev–Trinajstić information content (AvgIpc) is 3.55. The van der Waals surface area contributed by atoms with Gasteiger partial charge in [0.15, 0.2) is 17.6 Å². The van der Waals surface area contributed by atoms with Crippen LogP contribution in [-0.4, -0.2) is 94.2 Å². The van der Waals surface area contributed by atoms with E-state index in [4.69, 9.17) is 23.4 Å². The third-order valence-corrected chi connectivity index (χ3v) is 9.71. The van der Waals surface area contributed by atoms with Gasteiger partial charge >= 0.3 is 5.97 Å². The van der Waals surface area contributed by atoms with Crippen LogP contribution in [0.3, 0.4) is 0 Å². The third kappa shape index (κ3) is 5.68. The van der Waals surface area contributed by atoms with Gasteiger partial charge in [0.2, 0.25) is 17.9 Å². The molecule has 1 amide bonds. The monoisotopic (exact) mass is 633 g/mol. The molecule has 2 aromatic rings. The lowest BCUT2D eigenvalue weighted by Crippen LogP contribution is -2.62. The fourth-order valence-corrected chi connectivity index (χ4v) is 7.53. The van der Waals surface area contributed by atoms with Crippen molar-refractivity contribution in [2.45, 2.75) is 102 Å². The Morgan fingerprint density at radius 1 is 1.09 bits per heavy atom. The minimum atomic E-state index is -2.18. The van der Waals surface area contributed by atoms with Gasteiger partial charge in [-0.2, -0.15) is 0 Å². The number of carbonyl (C=O) groups is 2. The fourth-order valence-electron chi connectivity index (χ4n) is 7.53. The van der Waals surface area contributed by atoms with E-state index in [1.165, 1.54) is 0 Å². The zero-order chi connectivity index (χ0) is 32.2. The number of ether oxygens (including phenoxy) is 4. The van der Waals surface area contributed by atoms with Gasteiger partial charge in [0.25, 0.3) is 0 Å². The number of furan rings is 1. The quantitative estimate of drug-likeness (QED) is 0.124. The van der Waals surface area contributed by atoms with Crippen LogP contribution in [0, 0.1) is 17.8 Å². The highest BCUT2D eigenvalue weighted by molar-refractivity contribution is 5.97. The second-order valence-electron chi connectivity index (χ2n) is 13.1. The van der Waals surface area contributed by atoms with Crippen LogP contribution >= 0.6 is 0 Å². The summed E-state index contributed by atoms with van der Waals surface area (Å²) < 4.78 is 30.0. The summed E-state index contributed by atoms with van der Waals surface area (Å²) in [6.45, 7) is 6.90. The molecule has 3 heterocycles. The Morgan fingerprint density at radius 2 is 1.87 bits per heavy atom. The molecule has 2 fully saturated rings. The van der Waals surface area contributed by atoms with Crippen molar-refractivity contribution in [3.05, 3.63) is 23.0 Å². The summed E-state index contributed by atoms with van der Waals surface area (Å²) in [6, 6.07) is 0. The Morgan fingerprint density at radius 3 is 2.58 bits per heavy atom. The highest BCUT2D eigenvalue weighted by atomic mass is 16.7. The SMILES string of the molecule is CCOC(=O)[C@@H]1Cc2c(O[C@@H]3O[C@H](C(O)O)[C@@H](O)[C@H](O)[C@H]3O)c(OCCCC(C)C)c3occ4c3c2[C@@H](C1)C[C@H]1C(=O)NC[C@H]41. The second kappa shape index (κ2) is 12.7. The number of carbonyl (C=O) groups excluding carboxylic acids is 2. The number of nitrogens with one attached hydrogen (secondary N) is 1. The first-order valence-electron chi connectivity index (χ1n) is 15.9. The minimum absolute atomic E-state index is 0.0523. The molecular weight excluding hydrogens is 590 g/mol. The average molecular weight is 634 g/mol. The Bertz CT molecular complexity index is 1420. The van der Waals surface area contributed by atoms with Crippen LogP contribution in [0.25, 0.3) is 11.0 Å². The summed E-state index contributed by atoms with van der Waals surface area (Å²) >= 11 is 0. The van der Waals surface area contributed by atoms with E-state index in [1.54, 1.807) is 13.2 Å². The molecule has 9 atom stereocenters. The molecule has 2 aliphatic heterocycles. The van der Waals surface area contributed by atoms with E-state index in [1.807, 2.05) is 0 Å². The van der Waals surface area contributed by atoms with Crippen molar-refractivity contribution < 1.29 is 58.5 Å². The van der Waals surface area contributed by atoms with Crippen LogP contribution in [0.2, 0.25) is 0 Å². The largest absolute Gasteiger partial charge is 0.486 e. The summed E-state index contributed by atoms with van der Waals surface area (Å²) in [5, 5.41) is 55.3. The van der Waals surface area contributed by atoms with Gasteiger partial charge in [-0.05, 0) is 56.4 Å². The predicted octanol–water partition coefficient (Wildman–Crippen LogP) is 1.19. The molecule has 13 nitrogen and oxygen atoms in total. The lowest BCUT2D eigenvalue weighted by Gasteiger charge is -2.41. The molecule has 1 aromatic heterocycles. The standard InChI is InChI=1S/C32H43NO12/c1-4-41-31(40)15-8-14-9-16-18(11-33-29(16)37)19-12-43-26-21(19)20(14)17(10-15)25(28(26)42-7-5-6-13(2)3)44-32-24(36)22(34)23(35)27(45-32)30(38)39/h12-16,18,22-24,27,30,32,34-36,38-39H,4-11H2,1-3H3,(H,33,37)/t14-,15-,16+,18-,22-,23-,24+,27-,32+/m0/s1. The van der Waals surface area contributed by atoms with Gasteiger partial charge in [-0.3, -0.25) is 9.59 Å². The van der Waals surface area contributed by atoms with Gasteiger partial charge in [-0.15, -0.1) is 0 Å². The first-order valence-corrected chi connectivity index (χ1v) is 15.9. The van der Waals surface area contributed by atoms with Crippen LogP contribution in [0.1, 0.15) is 75.0 Å². The Kier molecular flexibility index (Phi) is 9.03. The molecule has 0 unspecified atom stereocenters. The van der Waals surface area contributed by atoms with Crippen LogP contribution in [0.5, 0.6) is 11.5 Å². The highest BCUT2D eigenvalue weighted by Crippen LogP contribution is 2.57. The van der Waals surface area contributed by atoms with E-state index >= 15 is 0 Å². The van der Waals surface area contributed by atoms with Crippen molar-refractivity contribution in [3.8, 4) is 11.5 Å². The number of esters is 1. The lowest BCUT2D eigenvalue weighted by molar-refractivity contribution is -0.310. The number of hydrogen-bond donors (Lipinski definition) is 6. The molecule has 0 bridgehead atoms. The molecule has 6 rings (SSSR count). The molecule has 1 aromatic carbocycles. The van der Waals surface area contributed by atoms with E-state index in [0.29, 0.717) is 49.5 Å². The van der Waals surface area contributed by atoms with Crippen molar-refractivity contribution in [1.82, 2.24) is 5.32 Å². The molecule has 45 heavy (non-hydrogen) atoms. The summed E-state index contributed by atoms with van der Waals surface area (Å²) in [7, 11) is 0. The van der Waals surface area contributed by atoms with Gasteiger partial charge in [0.1, 0.15) is 24.4 Å². The number of hydrogen-bond acceptors (Lipinski definition) is 12. The molecule has 6 N–H and O–H groups in total. The number of benzene rings is 1. The number of amides is 1. The van der Waals surface area contributed by atoms with Crippen molar-refractivity contribution >= 4 is 22.8 Å². The Hall–Kier alpha value is -2.94. The van der Waals surface area contributed by atoms with E-state index in [9.17, 15) is 35.1 Å². The molecular formula is C32H43NO12. The van der Waals surface area contributed by atoms with Gasteiger partial charge in [-0.1, -0.05) is 13.8 Å². The maximum Gasteiger partial charge on any atom is 0.309 e. The van der Waals surface area contributed by atoms with Crippen LogP contribution in [0.4, 0.5) is 0 Å². The maximum absolute atomic E-state index is 13.2. The Labute approximate surface area is 260 Å². The van der Waals surface area contributed by atoms with E-state index in [2.05, 4.69) is 19.2 Å². The molecule has 2 saturated heterocycles. The van der Waals surface area contributed by atoms with Gasteiger partial charge in [0, 0.05) is 34.9 Å². The van der Waals surface area contributed by atoms with Crippen molar-refractivity contribution in [2.24, 2.45) is 17.8 Å². The minimum Gasteiger partial charge on any atom is -0.486 e. The zero-order valence-corrected chi connectivity index (χ0v) is 25.7. The van der Waals surface area contributed by atoms with Gasteiger partial charge in [-0.25, -0.2) is 0 Å². The van der Waals surface area contributed by atoms with Crippen LogP contribution in [-0.2, 0) is 25.5 Å². The van der Waals surface area contributed by atoms with Crippen LogP contribution in [0.15, 0.2) is 10.7 Å². The normalized spacial score (nSPS) is 32.4. The third-order valence-electron chi connectivity index (χ3n) is 9.71. The second-order valence-corrected chi connectivity index (χ2v) is 13.1. The zero-order valence-electron chi connectivity index (χ0n) is 25.7. The fraction of sp³-hybridized carbons (Fsp3) is 0.688.